The van der Waals surface area contributed by atoms with E-state index in [0.717, 1.165) is 93.1 Å². The molecule has 2 heterocycles. The third-order valence-corrected chi connectivity index (χ3v) is 7.84. The van der Waals surface area contributed by atoms with Gasteiger partial charge in [-0.3, -0.25) is 4.79 Å². The number of fused-ring (bicyclic) bond motifs is 1. The number of nitrogens with one attached hydrogen (secondary N) is 1. The number of nitrogens with zero attached hydrogens (tertiary/aromatic N) is 2. The Morgan fingerprint density at radius 2 is 1.36 bits per heavy atom. The molecule has 5 nitrogen and oxygen atoms in total. The zero-order chi connectivity index (χ0) is 27.0. The van der Waals surface area contributed by atoms with Crippen LogP contribution in [0.4, 0.5) is 14.5 Å². The zero-order valence-electron chi connectivity index (χ0n) is 22.4. The van der Waals surface area contributed by atoms with Crippen molar-refractivity contribution in [1.29, 1.82) is 0 Å². The van der Waals surface area contributed by atoms with E-state index in [2.05, 4.69) is 15.1 Å². The lowest BCUT2D eigenvalue weighted by Crippen LogP contribution is -2.46. The number of hydrogen-bond acceptors (Lipinski definition) is 4. The largest absolute Gasteiger partial charge is 0.494 e. The van der Waals surface area contributed by atoms with Gasteiger partial charge in [-0.25, -0.2) is 8.78 Å². The summed E-state index contributed by atoms with van der Waals surface area (Å²) < 4.78 is 33.0. The minimum absolute atomic E-state index is 0.0791. The number of anilines is 1. The Bertz CT molecular complexity index is 1180. The molecule has 5 rings (SSSR count). The molecular formula is C32H37F2N3O2. The topological polar surface area (TPSA) is 44.8 Å². The van der Waals surface area contributed by atoms with Crippen LogP contribution in [-0.2, 0) is 11.2 Å². The monoisotopic (exact) mass is 533 g/mol. The third-order valence-electron chi connectivity index (χ3n) is 7.84. The molecule has 7 heteroatoms. The molecule has 0 aliphatic carbocycles. The van der Waals surface area contributed by atoms with Gasteiger partial charge in [0.2, 0.25) is 5.91 Å². The molecule has 3 aromatic carbocycles. The Hall–Kier alpha value is -3.29. The molecule has 1 saturated heterocycles. The number of carbonyl (C=O) groups is 1. The number of rotatable bonds is 11. The second-order valence-electron chi connectivity index (χ2n) is 10.6. The van der Waals surface area contributed by atoms with E-state index in [1.54, 1.807) is 0 Å². The summed E-state index contributed by atoms with van der Waals surface area (Å²) in [4.78, 5) is 16.5. The maximum Gasteiger partial charge on any atom is 0.224 e. The lowest BCUT2D eigenvalue weighted by atomic mass is 9.87. The summed E-state index contributed by atoms with van der Waals surface area (Å²) in [5.74, 6) is 0.595. The smallest absolute Gasteiger partial charge is 0.224 e. The average molecular weight is 534 g/mol. The number of halogens is 2. The predicted octanol–water partition coefficient (Wildman–Crippen LogP) is 5.85. The Balaban J connectivity index is 1.02. The highest BCUT2D eigenvalue weighted by molar-refractivity contribution is 5.94. The van der Waals surface area contributed by atoms with Gasteiger partial charge in [0.25, 0.3) is 0 Å². The number of carbonyl (C=O) groups excluding carboxylic acids is 1. The molecule has 39 heavy (non-hydrogen) atoms. The quantitative estimate of drug-likeness (QED) is 0.314. The van der Waals surface area contributed by atoms with Gasteiger partial charge >= 0.3 is 0 Å². The number of ether oxygens (including phenoxy) is 1. The molecule has 0 bridgehead atoms. The molecule has 0 aromatic heterocycles. The molecule has 206 valence electrons. The first-order valence-electron chi connectivity index (χ1n) is 14.0. The third kappa shape index (κ3) is 7.64. The van der Waals surface area contributed by atoms with Crippen molar-refractivity contribution in [3.63, 3.8) is 0 Å². The molecule has 1 amide bonds. The van der Waals surface area contributed by atoms with Crippen molar-refractivity contribution in [2.75, 3.05) is 51.2 Å². The summed E-state index contributed by atoms with van der Waals surface area (Å²) in [6.45, 7) is 6.93. The number of benzene rings is 3. The summed E-state index contributed by atoms with van der Waals surface area (Å²) in [6, 6.07) is 19.3. The van der Waals surface area contributed by atoms with Crippen LogP contribution in [0.25, 0.3) is 0 Å². The van der Waals surface area contributed by atoms with Crippen LogP contribution < -0.4 is 10.1 Å². The lowest BCUT2D eigenvalue weighted by molar-refractivity contribution is -0.116. The van der Waals surface area contributed by atoms with E-state index in [9.17, 15) is 13.6 Å². The number of hydrogen-bond donors (Lipinski definition) is 1. The lowest BCUT2D eigenvalue weighted by Gasteiger charge is -2.35. The number of amides is 1. The van der Waals surface area contributed by atoms with Crippen LogP contribution in [-0.4, -0.2) is 61.6 Å². The van der Waals surface area contributed by atoms with Crippen molar-refractivity contribution >= 4 is 11.6 Å². The SMILES string of the molecule is O=C1CCc2cc(OCCCN3CCN(CCCC(c4ccc(F)cc4)c4ccc(F)cc4)CC3)ccc2N1. The fourth-order valence-corrected chi connectivity index (χ4v) is 5.60. The van der Waals surface area contributed by atoms with Crippen molar-refractivity contribution < 1.29 is 18.3 Å². The van der Waals surface area contributed by atoms with Gasteiger partial charge in [0.15, 0.2) is 0 Å². The average Bonchev–Trinajstić information content (AvgIpc) is 2.95. The summed E-state index contributed by atoms with van der Waals surface area (Å²) in [5.41, 5.74) is 4.18. The first-order chi connectivity index (χ1) is 19.0. The van der Waals surface area contributed by atoms with Crippen molar-refractivity contribution in [3.8, 4) is 5.75 Å². The maximum absolute atomic E-state index is 13.5. The van der Waals surface area contributed by atoms with Gasteiger partial charge in [-0.1, -0.05) is 24.3 Å². The van der Waals surface area contributed by atoms with Gasteiger partial charge in [0.05, 0.1) is 6.61 Å². The van der Waals surface area contributed by atoms with E-state index >= 15 is 0 Å². The van der Waals surface area contributed by atoms with Crippen molar-refractivity contribution in [3.05, 3.63) is 95.1 Å². The Morgan fingerprint density at radius 1 is 0.769 bits per heavy atom. The fraction of sp³-hybridized carbons (Fsp3) is 0.406. The van der Waals surface area contributed by atoms with E-state index in [1.165, 1.54) is 24.3 Å². The molecule has 1 fully saturated rings. The van der Waals surface area contributed by atoms with Gasteiger partial charge in [-0.2, -0.15) is 0 Å². The van der Waals surface area contributed by atoms with Gasteiger partial charge < -0.3 is 19.9 Å². The minimum atomic E-state index is -0.240. The van der Waals surface area contributed by atoms with E-state index in [1.807, 2.05) is 42.5 Å². The highest BCUT2D eigenvalue weighted by Gasteiger charge is 2.19. The van der Waals surface area contributed by atoms with E-state index in [-0.39, 0.29) is 23.5 Å². The summed E-state index contributed by atoms with van der Waals surface area (Å²) in [5, 5.41) is 2.91. The molecule has 2 aliphatic rings. The van der Waals surface area contributed by atoms with Gasteiger partial charge in [-0.15, -0.1) is 0 Å². The van der Waals surface area contributed by atoms with Gasteiger partial charge in [0, 0.05) is 50.7 Å². The van der Waals surface area contributed by atoms with Gasteiger partial charge in [-0.05, 0) is 91.4 Å². The van der Waals surface area contributed by atoms with Crippen LogP contribution >= 0.6 is 0 Å². The predicted molar refractivity (Wildman–Crippen MR) is 150 cm³/mol. The second-order valence-corrected chi connectivity index (χ2v) is 10.6. The zero-order valence-corrected chi connectivity index (χ0v) is 22.4. The standard InChI is InChI=1S/C32H37F2N3O2/c33-27-9-4-24(5-10-27)30(25-6-11-28(34)12-7-25)3-1-16-36-18-20-37(21-19-36)17-2-22-39-29-13-14-31-26(23-29)8-15-32(38)35-31/h4-7,9-14,23,30H,1-3,8,15-22H2,(H,35,38). The Labute approximate surface area is 229 Å². The highest BCUT2D eigenvalue weighted by Crippen LogP contribution is 2.30. The van der Waals surface area contributed by atoms with E-state index < -0.39 is 0 Å². The van der Waals surface area contributed by atoms with Crippen molar-refractivity contribution in [2.45, 2.75) is 38.0 Å². The first-order valence-corrected chi connectivity index (χ1v) is 14.0. The van der Waals surface area contributed by atoms with Crippen LogP contribution in [0.2, 0.25) is 0 Å². The summed E-state index contributed by atoms with van der Waals surface area (Å²) in [7, 11) is 0. The Morgan fingerprint density at radius 3 is 1.97 bits per heavy atom. The van der Waals surface area contributed by atoms with Crippen LogP contribution in [0.1, 0.15) is 48.3 Å². The second kappa shape index (κ2) is 13.2. The summed E-state index contributed by atoms with van der Waals surface area (Å²) >= 11 is 0. The number of aryl methyl sites for hydroxylation is 1. The minimum Gasteiger partial charge on any atom is -0.494 e. The fourth-order valence-electron chi connectivity index (χ4n) is 5.60. The molecule has 0 radical (unpaired) electrons. The van der Waals surface area contributed by atoms with E-state index in [4.69, 9.17) is 4.74 Å². The van der Waals surface area contributed by atoms with E-state index in [0.29, 0.717) is 13.0 Å². The number of piperazine rings is 1. The molecule has 0 atom stereocenters. The molecular weight excluding hydrogens is 496 g/mol. The van der Waals surface area contributed by atoms with Crippen LogP contribution in [0.3, 0.4) is 0 Å². The molecule has 0 spiro atoms. The van der Waals surface area contributed by atoms with Crippen LogP contribution in [0.15, 0.2) is 66.7 Å². The van der Waals surface area contributed by atoms with Crippen molar-refractivity contribution in [1.82, 2.24) is 9.80 Å². The molecule has 2 aliphatic heterocycles. The van der Waals surface area contributed by atoms with Crippen molar-refractivity contribution in [2.24, 2.45) is 0 Å². The molecule has 0 unspecified atom stereocenters. The Kier molecular flexibility index (Phi) is 9.22. The summed E-state index contributed by atoms with van der Waals surface area (Å²) in [6.07, 6.45) is 4.24. The maximum atomic E-state index is 13.5. The van der Waals surface area contributed by atoms with Gasteiger partial charge in [0.1, 0.15) is 17.4 Å². The molecule has 0 saturated carbocycles. The normalized spacial score (nSPS) is 16.2. The van der Waals surface area contributed by atoms with Crippen LogP contribution in [0.5, 0.6) is 5.75 Å². The first kappa shape index (κ1) is 27.3. The highest BCUT2D eigenvalue weighted by atomic mass is 19.1. The van der Waals surface area contributed by atoms with Crippen LogP contribution in [0, 0.1) is 11.6 Å². The molecule has 1 N–H and O–H groups in total. The molecule has 3 aromatic rings.